The number of nitrogens with one attached hydrogen (secondary N) is 1. The van der Waals surface area contributed by atoms with E-state index < -0.39 is 0 Å². The zero-order valence-corrected chi connectivity index (χ0v) is 11.2. The average Bonchev–Trinajstić information content (AvgIpc) is 2.92. The number of hydrogen-bond donors (Lipinski definition) is 1. The molecule has 1 atom stereocenters. The van der Waals surface area contributed by atoms with E-state index >= 15 is 0 Å². The predicted molar refractivity (Wildman–Crippen MR) is 67.5 cm³/mol. The van der Waals surface area contributed by atoms with Crippen molar-refractivity contribution in [1.29, 1.82) is 0 Å². The van der Waals surface area contributed by atoms with E-state index in [1.165, 1.54) is 11.3 Å². The highest BCUT2D eigenvalue weighted by Gasteiger charge is 2.40. The molecule has 5 nitrogen and oxygen atoms in total. The molecule has 2 fully saturated rings. The molecule has 0 aliphatic carbocycles. The third-order valence-electron chi connectivity index (χ3n) is 4.06. The highest BCUT2D eigenvalue weighted by molar-refractivity contribution is 5.23. The molecule has 1 N–H and O–H groups in total. The Morgan fingerprint density at radius 1 is 1.39 bits per heavy atom. The first-order valence-corrected chi connectivity index (χ1v) is 6.63. The van der Waals surface area contributed by atoms with Crippen molar-refractivity contribution in [2.45, 2.75) is 32.4 Å². The van der Waals surface area contributed by atoms with Gasteiger partial charge in [-0.1, -0.05) is 0 Å². The molecule has 3 rings (SSSR count). The Morgan fingerprint density at radius 2 is 2.28 bits per heavy atom. The van der Waals surface area contributed by atoms with Crippen molar-refractivity contribution >= 4 is 0 Å². The predicted octanol–water partition coefficient (Wildman–Crippen LogP) is 1.02. The Labute approximate surface area is 107 Å². The first-order chi connectivity index (χ1) is 8.69. The Hall–Kier alpha value is -0.910. The zero-order chi connectivity index (χ0) is 12.6. The Morgan fingerprint density at radius 3 is 2.94 bits per heavy atom. The summed E-state index contributed by atoms with van der Waals surface area (Å²) >= 11 is 0. The molecular weight excluding hydrogens is 230 g/mol. The number of aromatic nitrogens is 2. The molecule has 1 spiro atoms. The summed E-state index contributed by atoms with van der Waals surface area (Å²) in [6.07, 6.45) is 1.02. The van der Waals surface area contributed by atoms with Crippen LogP contribution < -0.4 is 0 Å². The van der Waals surface area contributed by atoms with Gasteiger partial charge in [0.1, 0.15) is 5.60 Å². The van der Waals surface area contributed by atoms with Crippen molar-refractivity contribution in [2.75, 3.05) is 32.9 Å². The van der Waals surface area contributed by atoms with Gasteiger partial charge in [-0.25, -0.2) is 0 Å². The van der Waals surface area contributed by atoms with Gasteiger partial charge in [0.15, 0.2) is 0 Å². The molecule has 1 aromatic heterocycles. The molecular formula is C13H21N3O2. The zero-order valence-electron chi connectivity index (χ0n) is 11.2. The molecule has 2 aliphatic rings. The number of H-pyrrole nitrogens is 1. The second-order valence-corrected chi connectivity index (χ2v) is 5.46. The molecule has 5 heteroatoms. The molecule has 2 aliphatic heterocycles. The summed E-state index contributed by atoms with van der Waals surface area (Å²) < 4.78 is 11.4. The SMILES string of the molecule is Cc1n[nH]c(C)c1CN1CCOC2(CCOC2)C1. The second kappa shape index (κ2) is 4.64. The molecule has 0 aromatic carbocycles. The van der Waals surface area contributed by atoms with E-state index in [1.807, 2.05) is 0 Å². The number of ether oxygens (including phenoxy) is 2. The first-order valence-electron chi connectivity index (χ1n) is 6.63. The molecule has 1 aromatic rings. The van der Waals surface area contributed by atoms with Gasteiger partial charge in [0.25, 0.3) is 0 Å². The van der Waals surface area contributed by atoms with Gasteiger partial charge < -0.3 is 9.47 Å². The van der Waals surface area contributed by atoms with Gasteiger partial charge in [-0.3, -0.25) is 10.00 Å². The van der Waals surface area contributed by atoms with E-state index in [0.29, 0.717) is 0 Å². The lowest BCUT2D eigenvalue weighted by molar-refractivity contribution is -0.111. The number of rotatable bonds is 2. The third-order valence-corrected chi connectivity index (χ3v) is 4.06. The summed E-state index contributed by atoms with van der Waals surface area (Å²) in [6, 6.07) is 0. The first kappa shape index (κ1) is 12.1. The lowest BCUT2D eigenvalue weighted by Crippen LogP contribution is -2.51. The van der Waals surface area contributed by atoms with Crippen LogP contribution in [-0.2, 0) is 16.0 Å². The van der Waals surface area contributed by atoms with E-state index in [0.717, 1.165) is 51.6 Å². The number of nitrogens with zero attached hydrogens (tertiary/aromatic N) is 2. The van der Waals surface area contributed by atoms with Gasteiger partial charge in [0.05, 0.1) is 18.9 Å². The lowest BCUT2D eigenvalue weighted by Gasteiger charge is -2.39. The van der Waals surface area contributed by atoms with E-state index in [-0.39, 0.29) is 5.60 Å². The van der Waals surface area contributed by atoms with Gasteiger partial charge >= 0.3 is 0 Å². The summed E-state index contributed by atoms with van der Waals surface area (Å²) in [7, 11) is 0. The largest absolute Gasteiger partial charge is 0.378 e. The minimum absolute atomic E-state index is 0.0518. The van der Waals surface area contributed by atoms with Crippen LogP contribution in [0.4, 0.5) is 0 Å². The van der Waals surface area contributed by atoms with Gasteiger partial charge in [-0.05, 0) is 13.8 Å². The van der Waals surface area contributed by atoms with Crippen LogP contribution in [0.25, 0.3) is 0 Å². The van der Waals surface area contributed by atoms with Gasteiger partial charge in [-0.15, -0.1) is 0 Å². The fourth-order valence-electron chi connectivity index (χ4n) is 2.92. The standard InChI is InChI=1S/C13H21N3O2/c1-10-12(11(2)15-14-10)7-16-4-6-18-13(8-16)3-5-17-9-13/h3-9H2,1-2H3,(H,14,15). The Balaban J connectivity index is 1.70. The molecule has 1 unspecified atom stereocenters. The summed E-state index contributed by atoms with van der Waals surface area (Å²) in [5.41, 5.74) is 3.56. The van der Waals surface area contributed by atoms with Crippen molar-refractivity contribution in [3.8, 4) is 0 Å². The highest BCUT2D eigenvalue weighted by atomic mass is 16.6. The summed E-state index contributed by atoms with van der Waals surface area (Å²) in [5, 5.41) is 7.32. The number of aryl methyl sites for hydroxylation is 2. The number of morpholine rings is 1. The van der Waals surface area contributed by atoms with Crippen molar-refractivity contribution in [3.05, 3.63) is 17.0 Å². The van der Waals surface area contributed by atoms with Gasteiger partial charge in [0.2, 0.25) is 0 Å². The van der Waals surface area contributed by atoms with Crippen LogP contribution >= 0.6 is 0 Å². The molecule has 0 radical (unpaired) electrons. The van der Waals surface area contributed by atoms with Crippen LogP contribution in [0.1, 0.15) is 23.4 Å². The van der Waals surface area contributed by atoms with Gasteiger partial charge in [-0.2, -0.15) is 5.10 Å². The summed E-state index contributed by atoms with van der Waals surface area (Å²) in [4.78, 5) is 2.46. The fraction of sp³-hybridized carbons (Fsp3) is 0.769. The van der Waals surface area contributed by atoms with Crippen LogP contribution in [0.2, 0.25) is 0 Å². The maximum atomic E-state index is 5.95. The third kappa shape index (κ3) is 2.18. The van der Waals surface area contributed by atoms with Crippen LogP contribution in [0.3, 0.4) is 0 Å². The van der Waals surface area contributed by atoms with Crippen molar-refractivity contribution in [1.82, 2.24) is 15.1 Å². The van der Waals surface area contributed by atoms with Crippen LogP contribution in [0, 0.1) is 13.8 Å². The number of hydrogen-bond acceptors (Lipinski definition) is 4. The maximum Gasteiger partial charge on any atom is 0.106 e. The normalized spacial score (nSPS) is 29.2. The highest BCUT2D eigenvalue weighted by Crippen LogP contribution is 2.28. The molecule has 0 saturated carbocycles. The average molecular weight is 251 g/mol. The Bertz CT molecular complexity index is 404. The molecule has 100 valence electrons. The maximum absolute atomic E-state index is 5.95. The Kier molecular flexibility index (Phi) is 3.13. The minimum Gasteiger partial charge on any atom is -0.378 e. The molecule has 18 heavy (non-hydrogen) atoms. The smallest absolute Gasteiger partial charge is 0.106 e. The van der Waals surface area contributed by atoms with E-state index in [9.17, 15) is 0 Å². The molecule has 3 heterocycles. The second-order valence-electron chi connectivity index (χ2n) is 5.46. The van der Waals surface area contributed by atoms with E-state index in [2.05, 4.69) is 28.9 Å². The van der Waals surface area contributed by atoms with E-state index in [4.69, 9.17) is 9.47 Å². The quantitative estimate of drug-likeness (QED) is 0.852. The summed E-state index contributed by atoms with van der Waals surface area (Å²) in [5.74, 6) is 0. The van der Waals surface area contributed by atoms with Crippen molar-refractivity contribution in [2.24, 2.45) is 0 Å². The number of aromatic amines is 1. The summed E-state index contributed by atoms with van der Waals surface area (Å²) in [6.45, 7) is 9.45. The van der Waals surface area contributed by atoms with Crippen LogP contribution in [-0.4, -0.2) is 53.6 Å². The minimum atomic E-state index is -0.0518. The van der Waals surface area contributed by atoms with Crippen LogP contribution in [0.5, 0.6) is 0 Å². The molecule has 0 amide bonds. The molecule has 0 bridgehead atoms. The van der Waals surface area contributed by atoms with Crippen molar-refractivity contribution < 1.29 is 9.47 Å². The lowest BCUT2D eigenvalue weighted by atomic mass is 10.00. The fourth-order valence-corrected chi connectivity index (χ4v) is 2.92. The van der Waals surface area contributed by atoms with Crippen LogP contribution in [0.15, 0.2) is 0 Å². The van der Waals surface area contributed by atoms with Gasteiger partial charge in [0, 0.05) is 43.9 Å². The van der Waals surface area contributed by atoms with E-state index in [1.54, 1.807) is 0 Å². The molecule has 2 saturated heterocycles. The monoisotopic (exact) mass is 251 g/mol. The van der Waals surface area contributed by atoms with Crippen molar-refractivity contribution in [3.63, 3.8) is 0 Å². The topological polar surface area (TPSA) is 50.4 Å².